The summed E-state index contributed by atoms with van der Waals surface area (Å²) in [5.74, 6) is -0.395. The minimum Gasteiger partial charge on any atom is -0.347 e. The van der Waals surface area contributed by atoms with E-state index in [0.717, 1.165) is 18.4 Å². The molecule has 0 aliphatic heterocycles. The fraction of sp³-hybridized carbons (Fsp3) is 0.200. The van der Waals surface area contributed by atoms with Gasteiger partial charge in [0.1, 0.15) is 6.04 Å². The number of rotatable bonds is 6. The number of hydrogen-bond acceptors (Lipinski definition) is 2. The Hall–Kier alpha value is -3.40. The van der Waals surface area contributed by atoms with Gasteiger partial charge < -0.3 is 10.6 Å². The molecule has 0 fully saturated rings. The van der Waals surface area contributed by atoms with Crippen molar-refractivity contribution in [1.82, 2.24) is 10.6 Å². The van der Waals surface area contributed by atoms with Crippen LogP contribution in [0.4, 0.5) is 0 Å². The molecule has 4 heteroatoms. The molecule has 0 aromatic heterocycles. The van der Waals surface area contributed by atoms with Crippen LogP contribution in [0.1, 0.15) is 39.5 Å². The molecule has 3 aromatic carbocycles. The van der Waals surface area contributed by atoms with E-state index in [9.17, 15) is 9.59 Å². The molecule has 4 nitrogen and oxygen atoms in total. The van der Waals surface area contributed by atoms with E-state index < -0.39 is 6.04 Å². The number of aryl methyl sites for hydroxylation is 1. The summed E-state index contributed by atoms with van der Waals surface area (Å²) in [5, 5.41) is 6.09. The third-order valence-corrected chi connectivity index (χ3v) is 5.39. The Morgan fingerprint density at radius 3 is 2.28 bits per heavy atom. The van der Waals surface area contributed by atoms with E-state index in [-0.39, 0.29) is 17.9 Å². The molecule has 29 heavy (non-hydrogen) atoms. The van der Waals surface area contributed by atoms with Crippen LogP contribution in [0.3, 0.4) is 0 Å². The van der Waals surface area contributed by atoms with Crippen LogP contribution in [0.25, 0.3) is 0 Å². The molecule has 0 spiro atoms. The van der Waals surface area contributed by atoms with E-state index in [1.54, 1.807) is 12.1 Å². The predicted molar refractivity (Wildman–Crippen MR) is 113 cm³/mol. The lowest BCUT2D eigenvalue weighted by molar-refractivity contribution is -0.123. The maximum Gasteiger partial charge on any atom is 0.251 e. The van der Waals surface area contributed by atoms with Crippen molar-refractivity contribution in [3.05, 3.63) is 107 Å². The maximum absolute atomic E-state index is 13.2. The zero-order valence-corrected chi connectivity index (χ0v) is 16.2. The molecular formula is C25H24N2O2. The average Bonchev–Trinajstić information content (AvgIpc) is 3.17. The third-order valence-electron chi connectivity index (χ3n) is 5.39. The fourth-order valence-electron chi connectivity index (χ4n) is 3.87. The first kappa shape index (κ1) is 18.9. The first-order valence-electron chi connectivity index (χ1n) is 9.99. The van der Waals surface area contributed by atoms with Gasteiger partial charge in [0.2, 0.25) is 5.91 Å². The van der Waals surface area contributed by atoms with Crippen LogP contribution < -0.4 is 10.6 Å². The summed E-state index contributed by atoms with van der Waals surface area (Å²) < 4.78 is 0. The second kappa shape index (κ2) is 8.74. The summed E-state index contributed by atoms with van der Waals surface area (Å²) in [5.41, 5.74) is 4.01. The molecule has 0 heterocycles. The molecule has 0 saturated heterocycles. The van der Waals surface area contributed by atoms with Gasteiger partial charge in [-0.05, 0) is 41.7 Å². The average molecular weight is 384 g/mol. The number of amides is 2. The molecule has 2 N–H and O–H groups in total. The van der Waals surface area contributed by atoms with Crippen molar-refractivity contribution >= 4 is 11.8 Å². The number of benzene rings is 3. The fourth-order valence-corrected chi connectivity index (χ4v) is 3.87. The zero-order valence-electron chi connectivity index (χ0n) is 16.2. The summed E-state index contributed by atoms with van der Waals surface area (Å²) in [6, 6.07) is 26.3. The third kappa shape index (κ3) is 4.54. The SMILES string of the molecule is O=C(NC(Cc1ccccc1)C(=O)NC1CCc2ccccc21)c1ccccc1. The Kier molecular flexibility index (Phi) is 5.71. The number of fused-ring (bicyclic) bond motifs is 1. The Labute approximate surface area is 171 Å². The van der Waals surface area contributed by atoms with Crippen LogP contribution in [0, 0.1) is 0 Å². The van der Waals surface area contributed by atoms with Gasteiger partial charge in [-0.2, -0.15) is 0 Å². The topological polar surface area (TPSA) is 58.2 Å². The second-order valence-electron chi connectivity index (χ2n) is 7.38. The first-order valence-corrected chi connectivity index (χ1v) is 9.99. The molecule has 2 amide bonds. The van der Waals surface area contributed by atoms with Gasteiger partial charge in [0, 0.05) is 12.0 Å². The van der Waals surface area contributed by atoms with Crippen LogP contribution in [0.5, 0.6) is 0 Å². The van der Waals surface area contributed by atoms with Crippen molar-refractivity contribution in [2.75, 3.05) is 0 Å². The second-order valence-corrected chi connectivity index (χ2v) is 7.38. The van der Waals surface area contributed by atoms with Gasteiger partial charge in [-0.1, -0.05) is 72.8 Å². The monoisotopic (exact) mass is 384 g/mol. The zero-order chi connectivity index (χ0) is 20.1. The minimum atomic E-state index is -0.641. The van der Waals surface area contributed by atoms with Crippen LogP contribution >= 0.6 is 0 Å². The van der Waals surface area contributed by atoms with Gasteiger partial charge in [-0.15, -0.1) is 0 Å². The normalized spacial score (nSPS) is 15.9. The Morgan fingerprint density at radius 2 is 1.52 bits per heavy atom. The molecule has 2 atom stereocenters. The van der Waals surface area contributed by atoms with E-state index in [2.05, 4.69) is 22.8 Å². The Balaban J connectivity index is 1.51. The Bertz CT molecular complexity index is 986. The molecular weight excluding hydrogens is 360 g/mol. The lowest BCUT2D eigenvalue weighted by Crippen LogP contribution is -2.48. The van der Waals surface area contributed by atoms with E-state index in [1.807, 2.05) is 60.7 Å². The van der Waals surface area contributed by atoms with Crippen LogP contribution in [0.15, 0.2) is 84.9 Å². The summed E-state index contributed by atoms with van der Waals surface area (Å²) in [7, 11) is 0. The van der Waals surface area contributed by atoms with Crippen molar-refractivity contribution in [1.29, 1.82) is 0 Å². The van der Waals surface area contributed by atoms with Crippen LogP contribution in [-0.4, -0.2) is 17.9 Å². The summed E-state index contributed by atoms with van der Waals surface area (Å²) >= 11 is 0. The van der Waals surface area contributed by atoms with E-state index in [4.69, 9.17) is 0 Å². The van der Waals surface area contributed by atoms with E-state index >= 15 is 0 Å². The standard InChI is InChI=1S/C25H24N2O2/c28-24(20-12-5-2-6-13-20)27-23(17-18-9-3-1-4-10-18)25(29)26-22-16-15-19-11-7-8-14-21(19)22/h1-14,22-23H,15-17H2,(H,26,29)(H,27,28). The summed E-state index contributed by atoms with van der Waals surface area (Å²) in [6.07, 6.45) is 2.29. The smallest absolute Gasteiger partial charge is 0.251 e. The lowest BCUT2D eigenvalue weighted by Gasteiger charge is -2.22. The van der Waals surface area contributed by atoms with Gasteiger partial charge >= 0.3 is 0 Å². The molecule has 3 aromatic rings. The predicted octanol–water partition coefficient (Wildman–Crippen LogP) is 3.83. The largest absolute Gasteiger partial charge is 0.347 e. The molecule has 4 rings (SSSR count). The lowest BCUT2D eigenvalue weighted by atomic mass is 10.0. The number of hydrogen-bond donors (Lipinski definition) is 2. The summed E-state index contributed by atoms with van der Waals surface area (Å²) in [6.45, 7) is 0. The van der Waals surface area contributed by atoms with Gasteiger partial charge in [-0.25, -0.2) is 0 Å². The van der Waals surface area contributed by atoms with Crippen molar-refractivity contribution in [2.45, 2.75) is 31.3 Å². The number of nitrogens with one attached hydrogen (secondary N) is 2. The highest BCUT2D eigenvalue weighted by Gasteiger charge is 2.28. The minimum absolute atomic E-state index is 0.00870. The van der Waals surface area contributed by atoms with Gasteiger partial charge in [0.05, 0.1) is 6.04 Å². The molecule has 0 bridgehead atoms. The first-order chi connectivity index (χ1) is 14.2. The quantitative estimate of drug-likeness (QED) is 0.679. The van der Waals surface area contributed by atoms with Gasteiger partial charge in [0.25, 0.3) is 5.91 Å². The highest BCUT2D eigenvalue weighted by molar-refractivity contribution is 5.97. The number of carbonyl (C=O) groups excluding carboxylic acids is 2. The highest BCUT2D eigenvalue weighted by Crippen LogP contribution is 2.30. The maximum atomic E-state index is 13.2. The van der Waals surface area contributed by atoms with Crippen molar-refractivity contribution in [2.24, 2.45) is 0 Å². The molecule has 146 valence electrons. The number of carbonyl (C=O) groups is 2. The molecule has 0 radical (unpaired) electrons. The van der Waals surface area contributed by atoms with Gasteiger partial charge in [-0.3, -0.25) is 9.59 Å². The molecule has 1 aliphatic carbocycles. The molecule has 1 aliphatic rings. The van der Waals surface area contributed by atoms with Crippen LogP contribution in [-0.2, 0) is 17.6 Å². The molecule has 0 saturated carbocycles. The highest BCUT2D eigenvalue weighted by atomic mass is 16.2. The molecule has 2 unspecified atom stereocenters. The van der Waals surface area contributed by atoms with Crippen molar-refractivity contribution in [3.63, 3.8) is 0 Å². The van der Waals surface area contributed by atoms with Crippen molar-refractivity contribution < 1.29 is 9.59 Å². The van der Waals surface area contributed by atoms with Gasteiger partial charge in [0.15, 0.2) is 0 Å². The van der Waals surface area contributed by atoms with Crippen molar-refractivity contribution in [3.8, 4) is 0 Å². The summed E-state index contributed by atoms with van der Waals surface area (Å²) in [4.78, 5) is 25.8. The van der Waals surface area contributed by atoms with Crippen LogP contribution in [0.2, 0.25) is 0 Å². The Morgan fingerprint density at radius 1 is 0.862 bits per heavy atom. The van der Waals surface area contributed by atoms with E-state index in [0.29, 0.717) is 12.0 Å². The van der Waals surface area contributed by atoms with E-state index in [1.165, 1.54) is 11.1 Å².